The normalized spacial score (nSPS) is 12.7. The number of anilines is 2. The standard InChI is InChI=1S/C20H23N5S2/c1-12(2)23-19-8-15-14(9-22-10-17(15)26-19)5-4-13(3)24-20-25-16-6-7-21-11-18(16)27-20/h6-13,23H,4-5H2,1-3H3,(H,24,25). The van der Waals surface area contributed by atoms with Crippen molar-refractivity contribution in [2.75, 3.05) is 10.6 Å². The zero-order valence-corrected chi connectivity index (χ0v) is 17.3. The summed E-state index contributed by atoms with van der Waals surface area (Å²) in [5, 5.41) is 10.5. The second-order valence-electron chi connectivity index (χ2n) is 7.07. The number of rotatable bonds is 7. The van der Waals surface area contributed by atoms with E-state index in [2.05, 4.69) is 52.4 Å². The quantitative estimate of drug-likeness (QED) is 0.428. The van der Waals surface area contributed by atoms with Crippen LogP contribution in [-0.2, 0) is 6.42 Å². The molecule has 0 saturated carbocycles. The van der Waals surface area contributed by atoms with Crippen LogP contribution in [0.4, 0.5) is 10.1 Å². The van der Waals surface area contributed by atoms with E-state index in [4.69, 9.17) is 0 Å². The summed E-state index contributed by atoms with van der Waals surface area (Å²) in [6.45, 7) is 6.53. The van der Waals surface area contributed by atoms with Crippen molar-refractivity contribution in [2.45, 2.75) is 45.7 Å². The molecule has 0 saturated heterocycles. The zero-order chi connectivity index (χ0) is 18.8. The average molecular weight is 398 g/mol. The van der Waals surface area contributed by atoms with Gasteiger partial charge in [0.15, 0.2) is 5.13 Å². The second-order valence-corrected chi connectivity index (χ2v) is 9.18. The molecule has 0 spiro atoms. The summed E-state index contributed by atoms with van der Waals surface area (Å²) in [4.78, 5) is 13.2. The third-order valence-corrected chi connectivity index (χ3v) is 6.31. The van der Waals surface area contributed by atoms with Gasteiger partial charge in [-0.2, -0.15) is 0 Å². The molecule has 1 atom stereocenters. The van der Waals surface area contributed by atoms with Gasteiger partial charge >= 0.3 is 0 Å². The van der Waals surface area contributed by atoms with Gasteiger partial charge in [0.2, 0.25) is 0 Å². The van der Waals surface area contributed by atoms with E-state index in [-0.39, 0.29) is 0 Å². The van der Waals surface area contributed by atoms with Gasteiger partial charge in [-0.05, 0) is 51.3 Å². The fourth-order valence-electron chi connectivity index (χ4n) is 3.07. The second kappa shape index (κ2) is 7.78. The third-order valence-electron chi connectivity index (χ3n) is 4.37. The number of aryl methyl sites for hydroxylation is 1. The first-order chi connectivity index (χ1) is 13.1. The fraction of sp³-hybridized carbons (Fsp3) is 0.350. The van der Waals surface area contributed by atoms with Crippen LogP contribution in [0.3, 0.4) is 0 Å². The monoisotopic (exact) mass is 397 g/mol. The van der Waals surface area contributed by atoms with Gasteiger partial charge in [0, 0.05) is 42.3 Å². The van der Waals surface area contributed by atoms with E-state index in [9.17, 15) is 0 Å². The molecule has 4 aromatic heterocycles. The fourth-order valence-corrected chi connectivity index (χ4v) is 5.13. The van der Waals surface area contributed by atoms with Crippen molar-refractivity contribution in [3.63, 3.8) is 0 Å². The molecular formula is C20H23N5S2. The number of fused-ring (bicyclic) bond motifs is 2. The Bertz CT molecular complexity index is 1020. The summed E-state index contributed by atoms with van der Waals surface area (Å²) in [5.41, 5.74) is 2.31. The molecule has 4 heterocycles. The molecule has 0 fully saturated rings. The molecule has 140 valence electrons. The molecule has 0 aliphatic heterocycles. The van der Waals surface area contributed by atoms with Crippen molar-refractivity contribution in [1.29, 1.82) is 0 Å². The summed E-state index contributed by atoms with van der Waals surface area (Å²) in [7, 11) is 0. The first-order valence-electron chi connectivity index (χ1n) is 9.18. The smallest absolute Gasteiger partial charge is 0.184 e. The maximum atomic E-state index is 4.64. The Balaban J connectivity index is 1.43. The molecule has 0 aliphatic carbocycles. The predicted molar refractivity (Wildman–Crippen MR) is 117 cm³/mol. The highest BCUT2D eigenvalue weighted by molar-refractivity contribution is 7.23. The van der Waals surface area contributed by atoms with Gasteiger partial charge in [0.25, 0.3) is 0 Å². The van der Waals surface area contributed by atoms with Crippen LogP contribution in [0.1, 0.15) is 32.8 Å². The first kappa shape index (κ1) is 18.1. The summed E-state index contributed by atoms with van der Waals surface area (Å²) in [5.74, 6) is 0. The minimum Gasteiger partial charge on any atom is -0.375 e. The topological polar surface area (TPSA) is 62.7 Å². The molecule has 0 aliphatic rings. The molecule has 2 N–H and O–H groups in total. The lowest BCUT2D eigenvalue weighted by atomic mass is 10.1. The Hall–Kier alpha value is -2.25. The largest absolute Gasteiger partial charge is 0.375 e. The lowest BCUT2D eigenvalue weighted by Gasteiger charge is -2.12. The Labute approximate surface area is 166 Å². The third kappa shape index (κ3) is 4.20. The SMILES string of the molecule is CC(C)Nc1cc2c(CCC(C)Nc3nc4ccncc4s3)cncc2s1. The number of aromatic nitrogens is 3. The lowest BCUT2D eigenvalue weighted by Crippen LogP contribution is -2.15. The van der Waals surface area contributed by atoms with Crippen molar-refractivity contribution in [3.8, 4) is 0 Å². The van der Waals surface area contributed by atoms with Crippen molar-refractivity contribution in [3.05, 3.63) is 42.5 Å². The predicted octanol–water partition coefficient (Wildman–Crippen LogP) is 5.55. The Morgan fingerprint density at radius 3 is 2.67 bits per heavy atom. The summed E-state index contributed by atoms with van der Waals surface area (Å²) < 4.78 is 2.36. The molecule has 7 heteroatoms. The average Bonchev–Trinajstić information content (AvgIpc) is 3.21. The molecule has 0 aromatic carbocycles. The summed E-state index contributed by atoms with van der Waals surface area (Å²) in [6, 6.07) is 4.98. The zero-order valence-electron chi connectivity index (χ0n) is 15.7. The summed E-state index contributed by atoms with van der Waals surface area (Å²) >= 11 is 3.43. The van der Waals surface area contributed by atoms with E-state index in [1.165, 1.54) is 20.7 Å². The van der Waals surface area contributed by atoms with Gasteiger partial charge in [0.05, 0.1) is 19.9 Å². The van der Waals surface area contributed by atoms with Crippen LogP contribution in [0, 0.1) is 0 Å². The molecule has 27 heavy (non-hydrogen) atoms. The van der Waals surface area contributed by atoms with E-state index in [0.29, 0.717) is 12.1 Å². The lowest BCUT2D eigenvalue weighted by molar-refractivity contribution is 0.707. The number of thiazole rings is 1. The van der Waals surface area contributed by atoms with Gasteiger partial charge in [0.1, 0.15) is 0 Å². The van der Waals surface area contributed by atoms with Gasteiger partial charge < -0.3 is 10.6 Å². The number of thiophene rings is 1. The van der Waals surface area contributed by atoms with E-state index in [0.717, 1.165) is 28.2 Å². The minimum absolute atomic E-state index is 0.334. The van der Waals surface area contributed by atoms with Gasteiger partial charge in [-0.3, -0.25) is 9.97 Å². The number of hydrogen-bond acceptors (Lipinski definition) is 7. The maximum Gasteiger partial charge on any atom is 0.184 e. The number of nitrogens with zero attached hydrogens (tertiary/aromatic N) is 3. The molecule has 0 bridgehead atoms. The molecule has 1 unspecified atom stereocenters. The molecule has 0 radical (unpaired) electrons. The van der Waals surface area contributed by atoms with Crippen LogP contribution in [0.25, 0.3) is 20.3 Å². The first-order valence-corrected chi connectivity index (χ1v) is 10.8. The van der Waals surface area contributed by atoms with Crippen molar-refractivity contribution >= 4 is 53.1 Å². The number of nitrogens with one attached hydrogen (secondary N) is 2. The highest BCUT2D eigenvalue weighted by Gasteiger charge is 2.11. The van der Waals surface area contributed by atoms with Gasteiger partial charge in [-0.1, -0.05) is 11.3 Å². The van der Waals surface area contributed by atoms with E-state index < -0.39 is 0 Å². The van der Waals surface area contributed by atoms with Crippen molar-refractivity contribution < 1.29 is 0 Å². The number of pyridine rings is 2. The molecule has 4 rings (SSSR count). The Morgan fingerprint density at radius 1 is 1.00 bits per heavy atom. The van der Waals surface area contributed by atoms with Crippen LogP contribution >= 0.6 is 22.7 Å². The van der Waals surface area contributed by atoms with Crippen molar-refractivity contribution in [2.24, 2.45) is 0 Å². The summed E-state index contributed by atoms with van der Waals surface area (Å²) in [6.07, 6.45) is 9.64. The maximum absolute atomic E-state index is 4.64. The van der Waals surface area contributed by atoms with Crippen LogP contribution in [0.5, 0.6) is 0 Å². The Morgan fingerprint density at radius 2 is 1.85 bits per heavy atom. The van der Waals surface area contributed by atoms with Crippen LogP contribution in [-0.4, -0.2) is 27.0 Å². The highest BCUT2D eigenvalue weighted by Crippen LogP contribution is 2.32. The number of hydrogen-bond donors (Lipinski definition) is 2. The van der Waals surface area contributed by atoms with E-state index in [1.807, 2.05) is 24.7 Å². The molecule has 5 nitrogen and oxygen atoms in total. The van der Waals surface area contributed by atoms with E-state index >= 15 is 0 Å². The Kier molecular flexibility index (Phi) is 5.22. The molecule has 4 aromatic rings. The van der Waals surface area contributed by atoms with Crippen LogP contribution < -0.4 is 10.6 Å². The van der Waals surface area contributed by atoms with E-state index in [1.54, 1.807) is 28.9 Å². The minimum atomic E-state index is 0.334. The van der Waals surface area contributed by atoms with Crippen LogP contribution in [0.15, 0.2) is 36.9 Å². The van der Waals surface area contributed by atoms with Crippen LogP contribution in [0.2, 0.25) is 0 Å². The van der Waals surface area contributed by atoms with Gasteiger partial charge in [-0.25, -0.2) is 4.98 Å². The van der Waals surface area contributed by atoms with Crippen molar-refractivity contribution in [1.82, 2.24) is 15.0 Å². The van der Waals surface area contributed by atoms with Gasteiger partial charge in [-0.15, -0.1) is 11.3 Å². The molecule has 0 amide bonds. The highest BCUT2D eigenvalue weighted by atomic mass is 32.1. The molecular weight excluding hydrogens is 374 g/mol.